The summed E-state index contributed by atoms with van der Waals surface area (Å²) >= 11 is 0. The summed E-state index contributed by atoms with van der Waals surface area (Å²) in [7, 11) is 0. The van der Waals surface area contributed by atoms with E-state index < -0.39 is 11.2 Å². The van der Waals surface area contributed by atoms with Gasteiger partial charge in [0.15, 0.2) is 0 Å². The molecule has 0 fully saturated rings. The van der Waals surface area contributed by atoms with Crippen LogP contribution in [0.15, 0.2) is 15.8 Å². The Morgan fingerprint density at radius 2 is 2.31 bits per heavy atom. The van der Waals surface area contributed by atoms with Crippen LogP contribution >= 0.6 is 0 Å². The van der Waals surface area contributed by atoms with E-state index in [0.717, 1.165) is 0 Å². The Labute approximate surface area is 74.2 Å². The van der Waals surface area contributed by atoms with Crippen LogP contribution in [-0.4, -0.2) is 9.55 Å². The van der Waals surface area contributed by atoms with E-state index in [1.54, 1.807) is 0 Å². The molecule has 13 heavy (non-hydrogen) atoms. The summed E-state index contributed by atoms with van der Waals surface area (Å²) in [5, 5.41) is 0. The molecule has 0 aliphatic heterocycles. The minimum absolute atomic E-state index is 0.0835. The van der Waals surface area contributed by atoms with Crippen molar-refractivity contribution in [2.45, 2.75) is 13.1 Å². The van der Waals surface area contributed by atoms with Crippen LogP contribution in [0.4, 0.5) is 0 Å². The molecule has 0 bridgehead atoms. The van der Waals surface area contributed by atoms with E-state index in [1.165, 1.54) is 10.8 Å². The first kappa shape index (κ1) is 9.29. The lowest BCUT2D eigenvalue weighted by molar-refractivity contribution is 0.731. The monoisotopic (exact) mass is 179 g/mol. The zero-order valence-electron chi connectivity index (χ0n) is 6.91. The van der Waals surface area contributed by atoms with Crippen LogP contribution in [0.1, 0.15) is 5.56 Å². The molecule has 0 aliphatic rings. The van der Waals surface area contributed by atoms with Gasteiger partial charge in [0.1, 0.15) is 0 Å². The molecule has 0 aliphatic carbocycles. The topological polar surface area (TPSA) is 80.9 Å². The molecular weight excluding hydrogens is 170 g/mol. The molecule has 0 saturated heterocycles. The fraction of sp³-hybridized carbons (Fsp3) is 0.250. The average Bonchev–Trinajstić information content (AvgIpc) is 2.10. The van der Waals surface area contributed by atoms with Crippen molar-refractivity contribution in [3.63, 3.8) is 0 Å². The molecule has 0 spiro atoms. The Kier molecular flexibility index (Phi) is 2.67. The van der Waals surface area contributed by atoms with E-state index in [4.69, 9.17) is 12.2 Å². The van der Waals surface area contributed by atoms with Gasteiger partial charge in [-0.05, 0) is 0 Å². The molecular formula is C8H9N3O2. The van der Waals surface area contributed by atoms with Crippen LogP contribution in [-0.2, 0) is 13.1 Å². The number of nitrogens with one attached hydrogen (secondary N) is 1. The quantitative estimate of drug-likeness (QED) is 0.549. The molecule has 1 heterocycles. The van der Waals surface area contributed by atoms with Crippen molar-refractivity contribution in [2.24, 2.45) is 5.73 Å². The fourth-order valence-corrected chi connectivity index (χ4v) is 0.916. The molecule has 68 valence electrons. The highest BCUT2D eigenvalue weighted by Gasteiger charge is 2.00. The Morgan fingerprint density at radius 3 is 2.85 bits per heavy atom. The van der Waals surface area contributed by atoms with Gasteiger partial charge in [0.05, 0.1) is 6.54 Å². The lowest BCUT2D eigenvalue weighted by Crippen LogP contribution is -2.32. The van der Waals surface area contributed by atoms with Crippen molar-refractivity contribution >= 4 is 0 Å². The predicted octanol–water partition coefficient (Wildman–Crippen LogP) is -1.37. The van der Waals surface area contributed by atoms with Gasteiger partial charge in [-0.1, -0.05) is 5.92 Å². The average molecular weight is 179 g/mol. The Hall–Kier alpha value is -1.80. The molecule has 5 heteroatoms. The molecule has 0 saturated carbocycles. The smallest absolute Gasteiger partial charge is 0.326 e. The van der Waals surface area contributed by atoms with E-state index in [1.807, 2.05) is 0 Å². The first-order valence-electron chi connectivity index (χ1n) is 3.65. The number of nitrogens with zero attached hydrogens (tertiary/aromatic N) is 1. The van der Waals surface area contributed by atoms with Crippen molar-refractivity contribution < 1.29 is 0 Å². The fourth-order valence-electron chi connectivity index (χ4n) is 0.916. The number of aromatic nitrogens is 2. The van der Waals surface area contributed by atoms with Crippen LogP contribution in [0.25, 0.3) is 0 Å². The van der Waals surface area contributed by atoms with Crippen molar-refractivity contribution in [1.29, 1.82) is 0 Å². The summed E-state index contributed by atoms with van der Waals surface area (Å²) in [4.78, 5) is 24.2. The molecule has 0 amide bonds. The zero-order valence-corrected chi connectivity index (χ0v) is 6.91. The summed E-state index contributed by atoms with van der Waals surface area (Å²) in [6.07, 6.45) is 6.40. The number of rotatable bonds is 2. The highest BCUT2D eigenvalue weighted by molar-refractivity contribution is 5.04. The van der Waals surface area contributed by atoms with Crippen molar-refractivity contribution in [2.75, 3.05) is 0 Å². The largest absolute Gasteiger partial charge is 0.329 e. The molecule has 3 N–H and O–H groups in total. The van der Waals surface area contributed by atoms with E-state index in [9.17, 15) is 9.59 Å². The van der Waals surface area contributed by atoms with Crippen molar-refractivity contribution in [3.05, 3.63) is 32.6 Å². The number of nitrogens with two attached hydrogens (primary N) is 1. The molecule has 0 aromatic carbocycles. The maximum atomic E-state index is 11.1. The third kappa shape index (κ3) is 1.86. The van der Waals surface area contributed by atoms with Crippen molar-refractivity contribution in [3.8, 4) is 12.3 Å². The zero-order chi connectivity index (χ0) is 9.84. The summed E-state index contributed by atoms with van der Waals surface area (Å²) in [5.74, 6) is 2.30. The predicted molar refractivity (Wildman–Crippen MR) is 48.0 cm³/mol. The summed E-state index contributed by atoms with van der Waals surface area (Å²) in [6.45, 7) is 0.211. The Morgan fingerprint density at radius 1 is 1.62 bits per heavy atom. The van der Waals surface area contributed by atoms with E-state index in [0.29, 0.717) is 5.56 Å². The van der Waals surface area contributed by atoms with Gasteiger partial charge in [-0.2, -0.15) is 0 Å². The van der Waals surface area contributed by atoms with Crippen LogP contribution in [0.3, 0.4) is 0 Å². The Balaban J connectivity index is 3.33. The first-order valence-corrected chi connectivity index (χ1v) is 3.65. The van der Waals surface area contributed by atoms with Gasteiger partial charge in [-0.3, -0.25) is 14.3 Å². The molecule has 1 aromatic heterocycles. The highest BCUT2D eigenvalue weighted by Crippen LogP contribution is 1.84. The standard InChI is InChI=1S/C8H9N3O2/c1-2-3-11-5-6(4-9)7(12)10-8(11)13/h1,5H,3-4,9H2,(H,10,12,13). The van der Waals surface area contributed by atoms with Gasteiger partial charge < -0.3 is 5.73 Å². The minimum atomic E-state index is -0.514. The summed E-state index contributed by atoms with van der Waals surface area (Å²) in [5.41, 5.74) is 4.65. The molecule has 5 nitrogen and oxygen atoms in total. The molecule has 0 unspecified atom stereocenters. The van der Waals surface area contributed by atoms with E-state index in [2.05, 4.69) is 10.9 Å². The first-order chi connectivity index (χ1) is 6.19. The van der Waals surface area contributed by atoms with Gasteiger partial charge in [-0.15, -0.1) is 6.42 Å². The van der Waals surface area contributed by atoms with Gasteiger partial charge in [0, 0.05) is 18.3 Å². The maximum Gasteiger partial charge on any atom is 0.329 e. The van der Waals surface area contributed by atoms with E-state index in [-0.39, 0.29) is 13.1 Å². The van der Waals surface area contributed by atoms with Gasteiger partial charge in [0.2, 0.25) is 0 Å². The molecule has 1 aromatic rings. The lowest BCUT2D eigenvalue weighted by atomic mass is 10.3. The second-order valence-electron chi connectivity index (χ2n) is 2.45. The third-order valence-electron chi connectivity index (χ3n) is 1.57. The number of hydrogen-bond acceptors (Lipinski definition) is 3. The lowest BCUT2D eigenvalue weighted by Gasteiger charge is -2.01. The van der Waals surface area contributed by atoms with Crippen LogP contribution < -0.4 is 17.0 Å². The third-order valence-corrected chi connectivity index (χ3v) is 1.57. The van der Waals surface area contributed by atoms with Gasteiger partial charge in [0.25, 0.3) is 5.56 Å². The number of aromatic amines is 1. The van der Waals surface area contributed by atoms with Gasteiger partial charge >= 0.3 is 5.69 Å². The molecule has 0 atom stereocenters. The maximum absolute atomic E-state index is 11.1. The molecule has 1 rings (SSSR count). The summed E-state index contributed by atoms with van der Waals surface area (Å²) in [6, 6.07) is 0. The van der Waals surface area contributed by atoms with Crippen LogP contribution in [0, 0.1) is 12.3 Å². The Bertz CT molecular complexity index is 450. The SMILES string of the molecule is C#CCn1cc(CN)c(=O)[nH]c1=O. The van der Waals surface area contributed by atoms with Crippen LogP contribution in [0.2, 0.25) is 0 Å². The molecule has 0 radical (unpaired) electrons. The van der Waals surface area contributed by atoms with Crippen LogP contribution in [0.5, 0.6) is 0 Å². The normalized spacial score (nSPS) is 9.54. The van der Waals surface area contributed by atoms with E-state index >= 15 is 0 Å². The minimum Gasteiger partial charge on any atom is -0.326 e. The van der Waals surface area contributed by atoms with Crippen molar-refractivity contribution in [1.82, 2.24) is 9.55 Å². The van der Waals surface area contributed by atoms with Gasteiger partial charge in [-0.25, -0.2) is 4.79 Å². The number of hydrogen-bond donors (Lipinski definition) is 2. The summed E-state index contributed by atoms with van der Waals surface area (Å²) < 4.78 is 1.23. The number of terminal acetylenes is 1. The highest BCUT2D eigenvalue weighted by atomic mass is 16.2. The second-order valence-corrected chi connectivity index (χ2v) is 2.45. The second kappa shape index (κ2) is 3.74. The number of H-pyrrole nitrogens is 1.